The summed E-state index contributed by atoms with van der Waals surface area (Å²) in [5, 5.41) is 11.6. The van der Waals surface area contributed by atoms with Crippen molar-refractivity contribution in [3.05, 3.63) is 52.8 Å². The Labute approximate surface area is 168 Å². The van der Waals surface area contributed by atoms with Crippen molar-refractivity contribution in [2.45, 2.75) is 44.6 Å². The first kappa shape index (κ1) is 18.2. The molecule has 29 heavy (non-hydrogen) atoms. The van der Waals surface area contributed by atoms with E-state index in [1.165, 1.54) is 0 Å². The third kappa shape index (κ3) is 3.19. The molecule has 0 bridgehead atoms. The number of aryl methyl sites for hydroxylation is 1. The van der Waals surface area contributed by atoms with Gasteiger partial charge in [-0.2, -0.15) is 0 Å². The van der Waals surface area contributed by atoms with Gasteiger partial charge in [-0.3, -0.25) is 4.79 Å². The fraction of sp³-hybridized carbons (Fsp3) is 0.409. The Balaban J connectivity index is 1.62. The maximum atomic E-state index is 15.7. The van der Waals surface area contributed by atoms with Gasteiger partial charge < -0.3 is 10.1 Å². The molecule has 1 saturated heterocycles. The molecule has 1 amide bonds. The van der Waals surface area contributed by atoms with Gasteiger partial charge in [0.25, 0.3) is 5.91 Å². The second-order valence-electron chi connectivity index (χ2n) is 7.90. The highest BCUT2D eigenvalue weighted by molar-refractivity contribution is 6.06. The molecule has 0 spiro atoms. The molecule has 0 radical (unpaired) electrons. The van der Waals surface area contributed by atoms with Crippen molar-refractivity contribution in [2.75, 3.05) is 18.5 Å². The molecule has 5 rings (SSSR count). The lowest BCUT2D eigenvalue weighted by molar-refractivity contribution is 0.0669. The lowest BCUT2D eigenvalue weighted by Gasteiger charge is -2.23. The molecule has 2 aliphatic rings. The number of nitrogens with zero attached hydrogens (tertiary/aromatic N) is 3. The number of hydrogen-bond donors (Lipinski definition) is 1. The van der Waals surface area contributed by atoms with Gasteiger partial charge in [0.1, 0.15) is 5.52 Å². The molecule has 1 aliphatic carbocycles. The highest BCUT2D eigenvalue weighted by Crippen LogP contribution is 2.47. The number of carbonyl (C=O) groups is 1. The molecule has 1 saturated carbocycles. The Morgan fingerprint density at radius 2 is 1.90 bits per heavy atom. The molecule has 3 aromatic rings. The van der Waals surface area contributed by atoms with Gasteiger partial charge in [-0.25, -0.2) is 9.07 Å². The highest BCUT2D eigenvalue weighted by atomic mass is 19.1. The van der Waals surface area contributed by atoms with E-state index >= 15 is 4.39 Å². The summed E-state index contributed by atoms with van der Waals surface area (Å²) in [5.74, 6) is -0.523. The van der Waals surface area contributed by atoms with Crippen molar-refractivity contribution >= 4 is 22.6 Å². The average Bonchev–Trinajstić information content (AvgIpc) is 3.50. The van der Waals surface area contributed by atoms with Crippen LogP contribution in [0.25, 0.3) is 11.0 Å². The highest BCUT2D eigenvalue weighted by Gasteiger charge is 2.35. The fourth-order valence-corrected chi connectivity index (χ4v) is 4.17. The minimum Gasteiger partial charge on any atom is -0.381 e. The van der Waals surface area contributed by atoms with Gasteiger partial charge in [0.15, 0.2) is 5.82 Å². The van der Waals surface area contributed by atoms with Crippen LogP contribution in [0, 0.1) is 12.7 Å². The smallest absolute Gasteiger partial charge is 0.255 e. The predicted octanol–water partition coefficient (Wildman–Crippen LogP) is 4.36. The number of ether oxygens (including phenoxy) is 1. The third-order valence-corrected chi connectivity index (χ3v) is 5.93. The lowest BCUT2D eigenvalue weighted by atomic mass is 10.0. The van der Waals surface area contributed by atoms with E-state index < -0.39 is 0 Å². The Bertz CT molecular complexity index is 1070. The zero-order valence-electron chi connectivity index (χ0n) is 16.3. The molecule has 150 valence electrons. The number of aromatic nitrogens is 3. The zero-order chi connectivity index (χ0) is 20.0. The number of nitrogens with one attached hydrogen (secondary N) is 1. The third-order valence-electron chi connectivity index (χ3n) is 5.93. The van der Waals surface area contributed by atoms with Crippen molar-refractivity contribution in [3.8, 4) is 0 Å². The van der Waals surface area contributed by atoms with Gasteiger partial charge in [0.05, 0.1) is 17.2 Å². The summed E-state index contributed by atoms with van der Waals surface area (Å²) < 4.78 is 23.1. The van der Waals surface area contributed by atoms with Crippen LogP contribution in [0.2, 0.25) is 0 Å². The van der Waals surface area contributed by atoms with E-state index in [1.807, 2.05) is 10.7 Å². The average molecular weight is 394 g/mol. The number of halogens is 1. The number of fused-ring (bicyclic) bond motifs is 1. The van der Waals surface area contributed by atoms with Crippen LogP contribution in [0.4, 0.5) is 10.1 Å². The molecular formula is C22H23FN4O2. The molecule has 2 aromatic carbocycles. The molecule has 2 heterocycles. The molecule has 0 unspecified atom stereocenters. The van der Waals surface area contributed by atoms with Crippen LogP contribution in [0.15, 0.2) is 30.3 Å². The van der Waals surface area contributed by atoms with Gasteiger partial charge >= 0.3 is 0 Å². The topological polar surface area (TPSA) is 69.0 Å². The van der Waals surface area contributed by atoms with Crippen LogP contribution < -0.4 is 5.32 Å². The molecule has 1 aromatic heterocycles. The lowest BCUT2D eigenvalue weighted by Crippen LogP contribution is -2.21. The van der Waals surface area contributed by atoms with Crippen LogP contribution in [0.1, 0.15) is 59.1 Å². The second kappa shape index (κ2) is 7.22. The maximum Gasteiger partial charge on any atom is 0.255 e. The summed E-state index contributed by atoms with van der Waals surface area (Å²) in [4.78, 5) is 12.7. The predicted molar refractivity (Wildman–Crippen MR) is 108 cm³/mol. The normalized spacial score (nSPS) is 17.6. The Morgan fingerprint density at radius 1 is 1.17 bits per heavy atom. The molecule has 6 nitrogen and oxygen atoms in total. The van der Waals surface area contributed by atoms with E-state index in [9.17, 15) is 4.79 Å². The summed E-state index contributed by atoms with van der Waals surface area (Å²) in [5.41, 5.74) is 3.42. The van der Waals surface area contributed by atoms with Gasteiger partial charge in [0.2, 0.25) is 0 Å². The monoisotopic (exact) mass is 394 g/mol. The summed E-state index contributed by atoms with van der Waals surface area (Å²) in [6.45, 7) is 3.15. The maximum absolute atomic E-state index is 15.7. The largest absolute Gasteiger partial charge is 0.381 e. The van der Waals surface area contributed by atoms with Crippen molar-refractivity contribution in [1.29, 1.82) is 0 Å². The van der Waals surface area contributed by atoms with E-state index in [0.717, 1.165) is 31.2 Å². The van der Waals surface area contributed by atoms with E-state index in [1.54, 1.807) is 31.2 Å². The van der Waals surface area contributed by atoms with Crippen molar-refractivity contribution in [2.24, 2.45) is 0 Å². The minimum atomic E-state index is -0.350. The summed E-state index contributed by atoms with van der Waals surface area (Å²) in [6, 6.07) is 9.01. The van der Waals surface area contributed by atoms with Crippen molar-refractivity contribution in [1.82, 2.24) is 15.0 Å². The molecule has 1 N–H and O–H groups in total. The van der Waals surface area contributed by atoms with Crippen molar-refractivity contribution < 1.29 is 13.9 Å². The van der Waals surface area contributed by atoms with E-state index in [2.05, 4.69) is 15.6 Å². The number of rotatable bonds is 4. The minimum absolute atomic E-state index is 0.155. The second-order valence-corrected chi connectivity index (χ2v) is 7.90. The standard InChI is InChI=1S/C22H23FN4O2/c1-13-19(24-22(28)15-5-3-2-4-6-15)18(23)17(14-7-8-14)21-20(13)25-26-27(21)16-9-11-29-12-10-16/h2-6,14,16H,7-12H2,1H3,(H,24,28). The van der Waals surface area contributed by atoms with E-state index in [4.69, 9.17) is 4.74 Å². The first-order chi connectivity index (χ1) is 14.1. The summed E-state index contributed by atoms with van der Waals surface area (Å²) in [6.07, 6.45) is 3.58. The van der Waals surface area contributed by atoms with Gasteiger partial charge in [0, 0.05) is 29.9 Å². The zero-order valence-corrected chi connectivity index (χ0v) is 16.3. The number of benzene rings is 2. The van der Waals surface area contributed by atoms with Gasteiger partial charge in [-0.05, 0) is 50.7 Å². The Hall–Kier alpha value is -2.80. The number of carbonyl (C=O) groups excluding carboxylic acids is 1. The van der Waals surface area contributed by atoms with Crippen LogP contribution >= 0.6 is 0 Å². The van der Waals surface area contributed by atoms with Crippen molar-refractivity contribution in [3.63, 3.8) is 0 Å². The van der Waals surface area contributed by atoms with Crippen LogP contribution in [-0.2, 0) is 4.74 Å². The van der Waals surface area contributed by atoms with Gasteiger partial charge in [-0.15, -0.1) is 5.10 Å². The van der Waals surface area contributed by atoms with Crippen LogP contribution in [0.3, 0.4) is 0 Å². The fourth-order valence-electron chi connectivity index (χ4n) is 4.17. The van der Waals surface area contributed by atoms with Crippen LogP contribution in [0.5, 0.6) is 0 Å². The number of hydrogen-bond acceptors (Lipinski definition) is 4. The van der Waals surface area contributed by atoms with E-state index in [-0.39, 0.29) is 29.4 Å². The SMILES string of the molecule is Cc1c(NC(=O)c2ccccc2)c(F)c(C2CC2)c2c1nnn2C1CCOCC1. The molecule has 2 fully saturated rings. The molecule has 1 aliphatic heterocycles. The van der Waals surface area contributed by atoms with E-state index in [0.29, 0.717) is 35.4 Å². The molecular weight excluding hydrogens is 371 g/mol. The quantitative estimate of drug-likeness (QED) is 0.714. The van der Waals surface area contributed by atoms with Gasteiger partial charge in [-0.1, -0.05) is 23.4 Å². The summed E-state index contributed by atoms with van der Waals surface area (Å²) in [7, 11) is 0. The summed E-state index contributed by atoms with van der Waals surface area (Å²) >= 11 is 0. The first-order valence-corrected chi connectivity index (χ1v) is 10.2. The Morgan fingerprint density at radius 3 is 2.59 bits per heavy atom. The number of amides is 1. The molecule has 7 heteroatoms. The molecule has 0 atom stereocenters. The Kier molecular flexibility index (Phi) is 4.54. The number of anilines is 1. The van der Waals surface area contributed by atoms with Crippen LogP contribution in [-0.4, -0.2) is 34.1 Å². The first-order valence-electron chi connectivity index (χ1n) is 10.2.